The molecule has 0 bridgehead atoms. The van der Waals surface area contributed by atoms with Crippen molar-refractivity contribution in [2.45, 2.75) is 20.8 Å². The van der Waals surface area contributed by atoms with E-state index in [-0.39, 0.29) is 5.41 Å². The molecule has 0 aromatic heterocycles. The monoisotopic (exact) mass is 233 g/mol. The van der Waals surface area contributed by atoms with Crippen molar-refractivity contribution in [1.29, 1.82) is 0 Å². The average molecular weight is 233 g/mol. The molecular formula is C12H19N5. The molecule has 0 atom stereocenters. The van der Waals surface area contributed by atoms with Gasteiger partial charge in [-0.3, -0.25) is 5.43 Å². The van der Waals surface area contributed by atoms with Gasteiger partial charge in [0.15, 0.2) is 5.84 Å². The Morgan fingerprint density at radius 2 is 2.12 bits per heavy atom. The van der Waals surface area contributed by atoms with Crippen LogP contribution in [-0.2, 0) is 0 Å². The number of nitrogens with one attached hydrogen (secondary N) is 4. The molecule has 0 amide bonds. The van der Waals surface area contributed by atoms with E-state index in [9.17, 15) is 0 Å². The molecule has 1 aliphatic rings. The largest absolute Gasteiger partial charge is 0.385 e. The lowest BCUT2D eigenvalue weighted by atomic mass is 9.97. The summed E-state index contributed by atoms with van der Waals surface area (Å²) >= 11 is 0. The molecule has 5 nitrogen and oxygen atoms in total. The highest BCUT2D eigenvalue weighted by Crippen LogP contribution is 2.16. The molecule has 92 valence electrons. The number of rotatable bonds is 3. The van der Waals surface area contributed by atoms with Crippen LogP contribution in [0.4, 0.5) is 5.69 Å². The van der Waals surface area contributed by atoms with Crippen LogP contribution >= 0.6 is 0 Å². The predicted octanol–water partition coefficient (Wildman–Crippen LogP) is 1.42. The first kappa shape index (κ1) is 11.7. The second kappa shape index (κ2) is 4.63. The number of hydrazine groups is 2. The van der Waals surface area contributed by atoms with E-state index in [1.165, 1.54) is 0 Å². The van der Waals surface area contributed by atoms with Crippen LogP contribution in [0.1, 0.15) is 26.3 Å². The molecule has 0 saturated carbocycles. The van der Waals surface area contributed by atoms with Crippen LogP contribution in [0.25, 0.3) is 0 Å². The first-order valence-corrected chi connectivity index (χ1v) is 5.73. The van der Waals surface area contributed by atoms with Crippen LogP contribution in [0.5, 0.6) is 0 Å². The fourth-order valence-corrected chi connectivity index (χ4v) is 1.48. The summed E-state index contributed by atoms with van der Waals surface area (Å²) in [6.07, 6.45) is 0. The van der Waals surface area contributed by atoms with Crippen LogP contribution < -0.4 is 21.8 Å². The van der Waals surface area contributed by atoms with Gasteiger partial charge in [-0.1, -0.05) is 32.9 Å². The highest BCUT2D eigenvalue weighted by Gasteiger charge is 2.11. The summed E-state index contributed by atoms with van der Waals surface area (Å²) in [4.78, 5) is 0. The van der Waals surface area contributed by atoms with Crippen LogP contribution in [-0.4, -0.2) is 12.4 Å². The minimum Gasteiger partial charge on any atom is -0.385 e. The number of anilines is 1. The van der Waals surface area contributed by atoms with Gasteiger partial charge >= 0.3 is 0 Å². The van der Waals surface area contributed by atoms with Crippen molar-refractivity contribution in [3.8, 4) is 0 Å². The van der Waals surface area contributed by atoms with Crippen LogP contribution in [0.2, 0.25) is 0 Å². The molecule has 4 N–H and O–H groups in total. The van der Waals surface area contributed by atoms with Gasteiger partial charge in [0.2, 0.25) is 0 Å². The number of amidine groups is 1. The van der Waals surface area contributed by atoms with Gasteiger partial charge in [0.1, 0.15) is 0 Å². The summed E-state index contributed by atoms with van der Waals surface area (Å²) in [5.41, 5.74) is 10.7. The minimum atomic E-state index is 0.266. The van der Waals surface area contributed by atoms with E-state index >= 15 is 0 Å². The zero-order chi connectivity index (χ0) is 12.3. The zero-order valence-corrected chi connectivity index (χ0v) is 10.5. The fraction of sp³-hybridized carbons (Fsp3) is 0.417. The van der Waals surface area contributed by atoms with Gasteiger partial charge in [-0.05, 0) is 17.5 Å². The second-order valence-electron chi connectivity index (χ2n) is 5.32. The maximum Gasteiger partial charge on any atom is 0.170 e. The molecule has 0 spiro atoms. The SMILES string of the molecule is CC(C)(C)CNc1cccc(C2=NNNN2)c1. The lowest BCUT2D eigenvalue weighted by Crippen LogP contribution is -2.35. The summed E-state index contributed by atoms with van der Waals surface area (Å²) in [5.74, 6) is 0.796. The molecule has 0 fully saturated rings. The molecular weight excluding hydrogens is 214 g/mol. The maximum absolute atomic E-state index is 4.07. The number of hydrazone groups is 1. The Kier molecular flexibility index (Phi) is 3.19. The third-order valence-corrected chi connectivity index (χ3v) is 2.36. The summed E-state index contributed by atoms with van der Waals surface area (Å²) < 4.78 is 0. The van der Waals surface area contributed by atoms with Gasteiger partial charge in [0, 0.05) is 17.8 Å². The third kappa shape index (κ3) is 3.35. The standard InChI is InChI=1S/C12H19N5/c1-12(2,3)8-13-10-6-4-5-9(7-10)11-14-16-17-15-11/h4-7,13,16-17H,8H2,1-3H3,(H,14,15). The van der Waals surface area contributed by atoms with Gasteiger partial charge in [-0.2, -0.15) is 0 Å². The third-order valence-electron chi connectivity index (χ3n) is 2.36. The maximum atomic E-state index is 4.07. The quantitative estimate of drug-likeness (QED) is 0.637. The molecule has 1 heterocycles. The van der Waals surface area contributed by atoms with Crippen LogP contribution in [0, 0.1) is 5.41 Å². The van der Waals surface area contributed by atoms with Gasteiger partial charge in [0.25, 0.3) is 0 Å². The van der Waals surface area contributed by atoms with Crippen molar-refractivity contribution in [1.82, 2.24) is 16.5 Å². The van der Waals surface area contributed by atoms with E-state index in [4.69, 9.17) is 0 Å². The Balaban J connectivity index is 2.06. The number of hydrogen-bond donors (Lipinski definition) is 4. The normalized spacial score (nSPS) is 14.9. The Labute approximate surface area is 102 Å². The van der Waals surface area contributed by atoms with Crippen LogP contribution in [0.15, 0.2) is 29.4 Å². The molecule has 2 rings (SSSR count). The number of benzene rings is 1. The molecule has 0 radical (unpaired) electrons. The van der Waals surface area contributed by atoms with Crippen molar-refractivity contribution >= 4 is 11.5 Å². The fourth-order valence-electron chi connectivity index (χ4n) is 1.48. The lowest BCUT2D eigenvalue weighted by molar-refractivity contribution is 0.443. The van der Waals surface area contributed by atoms with Crippen molar-refractivity contribution < 1.29 is 0 Å². The first-order chi connectivity index (χ1) is 8.04. The van der Waals surface area contributed by atoms with Crippen LogP contribution in [0.3, 0.4) is 0 Å². The first-order valence-electron chi connectivity index (χ1n) is 5.73. The summed E-state index contributed by atoms with van der Waals surface area (Å²) in [5, 5.41) is 7.50. The van der Waals surface area contributed by atoms with E-state index in [0.717, 1.165) is 23.6 Å². The molecule has 17 heavy (non-hydrogen) atoms. The molecule has 1 aromatic rings. The average Bonchev–Trinajstić information content (AvgIpc) is 2.79. The molecule has 0 unspecified atom stereocenters. The van der Waals surface area contributed by atoms with E-state index < -0.39 is 0 Å². The molecule has 0 saturated heterocycles. The molecule has 1 aromatic carbocycles. The smallest absolute Gasteiger partial charge is 0.170 e. The Morgan fingerprint density at radius 1 is 1.29 bits per heavy atom. The van der Waals surface area contributed by atoms with Gasteiger partial charge in [-0.25, -0.2) is 5.53 Å². The van der Waals surface area contributed by atoms with E-state index in [1.54, 1.807) is 0 Å². The summed E-state index contributed by atoms with van der Waals surface area (Å²) in [7, 11) is 0. The minimum absolute atomic E-state index is 0.266. The topological polar surface area (TPSA) is 60.5 Å². The highest BCUT2D eigenvalue weighted by atomic mass is 15.8. The molecule has 0 aliphatic carbocycles. The zero-order valence-electron chi connectivity index (χ0n) is 10.5. The van der Waals surface area contributed by atoms with E-state index in [0.29, 0.717) is 0 Å². The Bertz CT molecular complexity index is 419. The highest BCUT2D eigenvalue weighted by molar-refractivity contribution is 5.99. The number of nitrogens with zero attached hydrogens (tertiary/aromatic N) is 1. The van der Waals surface area contributed by atoms with Crippen molar-refractivity contribution in [2.24, 2.45) is 10.5 Å². The van der Waals surface area contributed by atoms with Gasteiger partial charge in [-0.15, -0.1) is 10.6 Å². The van der Waals surface area contributed by atoms with E-state index in [1.807, 2.05) is 12.1 Å². The lowest BCUT2D eigenvalue weighted by Gasteiger charge is -2.19. The van der Waals surface area contributed by atoms with Gasteiger partial charge in [0.05, 0.1) is 0 Å². The second-order valence-corrected chi connectivity index (χ2v) is 5.32. The van der Waals surface area contributed by atoms with Crippen molar-refractivity contribution in [2.75, 3.05) is 11.9 Å². The van der Waals surface area contributed by atoms with Crippen molar-refractivity contribution in [3.05, 3.63) is 29.8 Å². The van der Waals surface area contributed by atoms with Crippen molar-refractivity contribution in [3.63, 3.8) is 0 Å². The van der Waals surface area contributed by atoms with Gasteiger partial charge < -0.3 is 5.32 Å². The molecule has 1 aliphatic heterocycles. The summed E-state index contributed by atoms with van der Waals surface area (Å²) in [6, 6.07) is 8.17. The molecule has 5 heteroatoms. The Morgan fingerprint density at radius 3 is 2.76 bits per heavy atom. The predicted molar refractivity (Wildman–Crippen MR) is 70.3 cm³/mol. The van der Waals surface area contributed by atoms with E-state index in [2.05, 4.69) is 59.8 Å². The number of hydrogen-bond acceptors (Lipinski definition) is 5. The summed E-state index contributed by atoms with van der Waals surface area (Å²) in [6.45, 7) is 7.56. The Hall–Kier alpha value is -1.75.